The molecule has 3 rings (SSSR count). The van der Waals surface area contributed by atoms with Gasteiger partial charge in [0, 0.05) is 12.2 Å². The highest BCUT2D eigenvalue weighted by Crippen LogP contribution is 2.29. The lowest BCUT2D eigenvalue weighted by molar-refractivity contribution is -0.155. The summed E-state index contributed by atoms with van der Waals surface area (Å²) in [5.74, 6) is -0.618. The number of likely N-dealkylation sites (tertiary alicyclic amines) is 1. The van der Waals surface area contributed by atoms with Gasteiger partial charge in [-0.3, -0.25) is 4.79 Å². The first-order valence-electron chi connectivity index (χ1n) is 9.02. The summed E-state index contributed by atoms with van der Waals surface area (Å²) in [5, 5.41) is 11.6. The summed E-state index contributed by atoms with van der Waals surface area (Å²) in [5.41, 5.74) is 0.578. The Hall–Kier alpha value is -2.20. The van der Waals surface area contributed by atoms with Gasteiger partial charge in [0.2, 0.25) is 11.0 Å². The zero-order valence-corrected chi connectivity index (χ0v) is 17.0. The van der Waals surface area contributed by atoms with Crippen molar-refractivity contribution >= 4 is 45.8 Å². The summed E-state index contributed by atoms with van der Waals surface area (Å²) in [6.45, 7) is 2.62. The number of ether oxygens (including phenoxy) is 1. The van der Waals surface area contributed by atoms with Crippen LogP contribution in [0.15, 0.2) is 28.6 Å². The van der Waals surface area contributed by atoms with E-state index in [2.05, 4.69) is 15.5 Å². The number of anilines is 2. The van der Waals surface area contributed by atoms with E-state index in [1.54, 1.807) is 24.0 Å². The van der Waals surface area contributed by atoms with Crippen LogP contribution in [0.2, 0.25) is 0 Å². The first-order valence-corrected chi connectivity index (χ1v) is 10.8. The maximum Gasteiger partial charge on any atom is 0.328 e. The van der Waals surface area contributed by atoms with Crippen LogP contribution < -0.4 is 5.32 Å². The lowest BCUT2D eigenvalue weighted by Gasteiger charge is -2.33. The lowest BCUT2D eigenvalue weighted by atomic mass is 10.0. The number of halogens is 1. The fourth-order valence-corrected chi connectivity index (χ4v) is 4.59. The second-order valence-electron chi connectivity index (χ2n) is 6.15. The molecular formula is C18H21FN4O3S2. The molecule has 1 fully saturated rings. The van der Waals surface area contributed by atoms with Crippen molar-refractivity contribution < 1.29 is 18.7 Å². The van der Waals surface area contributed by atoms with Crippen LogP contribution in [0.1, 0.15) is 26.2 Å². The van der Waals surface area contributed by atoms with E-state index in [1.807, 2.05) is 0 Å². The Morgan fingerprint density at radius 1 is 1.39 bits per heavy atom. The zero-order chi connectivity index (χ0) is 19.9. The summed E-state index contributed by atoms with van der Waals surface area (Å²) >= 11 is 2.55. The largest absolute Gasteiger partial charge is 0.464 e. The number of nitrogens with one attached hydrogen (secondary N) is 1. The average Bonchev–Trinajstić information content (AvgIpc) is 3.13. The lowest BCUT2D eigenvalue weighted by Crippen LogP contribution is -2.49. The van der Waals surface area contributed by atoms with E-state index < -0.39 is 6.04 Å². The summed E-state index contributed by atoms with van der Waals surface area (Å²) in [6.07, 6.45) is 2.43. The number of benzene rings is 1. The molecule has 1 aromatic carbocycles. The van der Waals surface area contributed by atoms with Gasteiger partial charge in [0.25, 0.3) is 0 Å². The Balaban J connectivity index is 1.55. The van der Waals surface area contributed by atoms with Crippen molar-refractivity contribution in [3.63, 3.8) is 0 Å². The minimum absolute atomic E-state index is 0.113. The summed E-state index contributed by atoms with van der Waals surface area (Å²) in [6, 6.07) is 5.56. The minimum atomic E-state index is -0.499. The molecule has 0 bridgehead atoms. The molecule has 1 aliphatic rings. The van der Waals surface area contributed by atoms with Gasteiger partial charge in [0.15, 0.2) is 4.34 Å². The van der Waals surface area contributed by atoms with Crippen molar-refractivity contribution in [3.8, 4) is 0 Å². The quantitative estimate of drug-likeness (QED) is 0.538. The third-order valence-corrected chi connectivity index (χ3v) is 6.14. The van der Waals surface area contributed by atoms with Crippen molar-refractivity contribution in [2.24, 2.45) is 0 Å². The van der Waals surface area contributed by atoms with E-state index >= 15 is 0 Å². The Morgan fingerprint density at radius 2 is 2.25 bits per heavy atom. The summed E-state index contributed by atoms with van der Waals surface area (Å²) in [4.78, 5) is 26.3. The van der Waals surface area contributed by atoms with Crippen LogP contribution in [0.3, 0.4) is 0 Å². The van der Waals surface area contributed by atoms with Crippen LogP contribution >= 0.6 is 23.1 Å². The Bertz CT molecular complexity index is 833. The van der Waals surface area contributed by atoms with E-state index in [9.17, 15) is 14.0 Å². The number of esters is 1. The van der Waals surface area contributed by atoms with Crippen LogP contribution in [-0.2, 0) is 14.3 Å². The van der Waals surface area contributed by atoms with E-state index in [-0.39, 0.29) is 23.4 Å². The minimum Gasteiger partial charge on any atom is -0.464 e. The van der Waals surface area contributed by atoms with Crippen LogP contribution in [0.5, 0.6) is 0 Å². The number of hydrogen-bond acceptors (Lipinski definition) is 8. The van der Waals surface area contributed by atoms with E-state index in [1.165, 1.54) is 35.2 Å². The number of hydrogen-bond donors (Lipinski definition) is 1. The fraction of sp³-hybridized carbons (Fsp3) is 0.444. The van der Waals surface area contributed by atoms with Crippen molar-refractivity contribution in [3.05, 3.63) is 30.1 Å². The predicted octanol–water partition coefficient (Wildman–Crippen LogP) is 3.46. The molecule has 1 aliphatic heterocycles. The molecule has 1 N–H and O–H groups in total. The summed E-state index contributed by atoms with van der Waals surface area (Å²) in [7, 11) is 0. The van der Waals surface area contributed by atoms with E-state index in [4.69, 9.17) is 4.74 Å². The molecule has 0 spiro atoms. The molecule has 2 heterocycles. The number of thioether (sulfide) groups is 1. The van der Waals surface area contributed by atoms with Gasteiger partial charge in [-0.15, -0.1) is 10.2 Å². The second-order valence-corrected chi connectivity index (χ2v) is 8.35. The number of aromatic nitrogens is 2. The van der Waals surface area contributed by atoms with Gasteiger partial charge < -0.3 is 15.0 Å². The van der Waals surface area contributed by atoms with E-state index in [0.29, 0.717) is 34.7 Å². The highest BCUT2D eigenvalue weighted by Gasteiger charge is 2.33. The second kappa shape index (κ2) is 9.83. The zero-order valence-electron chi connectivity index (χ0n) is 15.4. The molecular weight excluding hydrogens is 403 g/mol. The van der Waals surface area contributed by atoms with Gasteiger partial charge in [0.1, 0.15) is 11.9 Å². The fourth-order valence-electron chi connectivity index (χ4n) is 2.93. The molecule has 1 atom stereocenters. The molecule has 28 heavy (non-hydrogen) atoms. The third-order valence-electron chi connectivity index (χ3n) is 4.18. The Labute approximate surface area is 170 Å². The highest BCUT2D eigenvalue weighted by molar-refractivity contribution is 8.01. The normalized spacial score (nSPS) is 16.6. The van der Waals surface area contributed by atoms with Crippen molar-refractivity contribution in [2.75, 3.05) is 24.2 Å². The van der Waals surface area contributed by atoms with Crippen molar-refractivity contribution in [1.82, 2.24) is 15.1 Å². The van der Waals surface area contributed by atoms with Crippen LogP contribution in [0.25, 0.3) is 0 Å². The van der Waals surface area contributed by atoms with Gasteiger partial charge >= 0.3 is 5.97 Å². The number of nitrogens with zero attached hydrogens (tertiary/aromatic N) is 3. The van der Waals surface area contributed by atoms with Gasteiger partial charge in [-0.25, -0.2) is 9.18 Å². The average molecular weight is 425 g/mol. The van der Waals surface area contributed by atoms with Gasteiger partial charge in [-0.1, -0.05) is 29.2 Å². The third kappa shape index (κ3) is 5.41. The number of carbonyl (C=O) groups excluding carboxylic acids is 2. The van der Waals surface area contributed by atoms with Crippen LogP contribution in [0.4, 0.5) is 15.2 Å². The number of piperidine rings is 1. The standard InChI is InChI=1S/C18H21FN4O3S2/c1-2-26-16(25)14-8-3-4-9-23(14)15(24)11-27-18-22-21-17(28-18)20-13-7-5-6-12(19)10-13/h5-7,10,14H,2-4,8-9,11H2,1H3,(H,20,21). The number of rotatable bonds is 7. The molecule has 1 unspecified atom stereocenters. The molecule has 1 saturated heterocycles. The van der Waals surface area contributed by atoms with Gasteiger partial charge in [0.05, 0.1) is 12.4 Å². The molecule has 0 radical (unpaired) electrons. The van der Waals surface area contributed by atoms with E-state index in [0.717, 1.165) is 12.8 Å². The Morgan fingerprint density at radius 3 is 3.04 bits per heavy atom. The molecule has 2 aromatic rings. The first kappa shape index (κ1) is 20.5. The van der Waals surface area contributed by atoms with Crippen LogP contribution in [0, 0.1) is 5.82 Å². The van der Waals surface area contributed by atoms with Crippen molar-refractivity contribution in [1.29, 1.82) is 0 Å². The molecule has 0 aliphatic carbocycles. The van der Waals surface area contributed by atoms with Crippen molar-refractivity contribution in [2.45, 2.75) is 36.6 Å². The molecule has 10 heteroatoms. The topological polar surface area (TPSA) is 84.4 Å². The van der Waals surface area contributed by atoms with Gasteiger partial charge in [-0.2, -0.15) is 0 Å². The number of carbonyl (C=O) groups is 2. The SMILES string of the molecule is CCOC(=O)C1CCCCN1C(=O)CSc1nnc(Nc2cccc(F)c2)s1. The maximum atomic E-state index is 13.2. The Kier molecular flexibility index (Phi) is 7.21. The summed E-state index contributed by atoms with van der Waals surface area (Å²) < 4.78 is 19.0. The molecule has 150 valence electrons. The molecule has 1 aromatic heterocycles. The van der Waals surface area contributed by atoms with Gasteiger partial charge in [-0.05, 0) is 44.4 Å². The molecule has 7 nitrogen and oxygen atoms in total. The monoisotopic (exact) mass is 424 g/mol. The predicted molar refractivity (Wildman–Crippen MR) is 106 cm³/mol. The number of amides is 1. The first-order chi connectivity index (χ1) is 13.6. The maximum absolute atomic E-state index is 13.2. The highest BCUT2D eigenvalue weighted by atomic mass is 32.2. The van der Waals surface area contributed by atoms with Crippen LogP contribution in [-0.4, -0.2) is 51.9 Å². The smallest absolute Gasteiger partial charge is 0.328 e. The molecule has 0 saturated carbocycles. The molecule has 1 amide bonds.